The smallest absolute Gasteiger partial charge is 0.254 e. The summed E-state index contributed by atoms with van der Waals surface area (Å²) in [5, 5.41) is 0. The van der Waals surface area contributed by atoms with Crippen LogP contribution in [0, 0.1) is 6.92 Å². The van der Waals surface area contributed by atoms with E-state index in [-0.39, 0.29) is 5.91 Å². The maximum Gasteiger partial charge on any atom is 0.254 e. The molecule has 2 unspecified atom stereocenters. The second kappa shape index (κ2) is 6.09. The third-order valence-electron chi connectivity index (χ3n) is 4.95. The topological polar surface area (TPSA) is 23.6 Å². The summed E-state index contributed by atoms with van der Waals surface area (Å²) in [6.07, 6.45) is 3.84. The fraction of sp³-hybridized carbons (Fsp3) is 0.588. The van der Waals surface area contributed by atoms with E-state index in [1.54, 1.807) is 0 Å². The Labute approximate surface area is 135 Å². The molecule has 0 radical (unpaired) electrons. The molecule has 2 heterocycles. The molecule has 0 bridgehead atoms. The zero-order chi connectivity index (χ0) is 15.0. The molecular weight excluding hydrogens is 328 g/mol. The first-order valence-corrected chi connectivity index (χ1v) is 8.67. The van der Waals surface area contributed by atoms with Crippen LogP contribution in [0.25, 0.3) is 0 Å². The molecule has 2 aliphatic rings. The van der Waals surface area contributed by atoms with E-state index in [0.717, 1.165) is 28.7 Å². The number of fused-ring (bicyclic) bond motifs is 1. The van der Waals surface area contributed by atoms with Crippen LogP contribution in [0.5, 0.6) is 0 Å². The van der Waals surface area contributed by atoms with Crippen LogP contribution < -0.4 is 0 Å². The Morgan fingerprint density at radius 3 is 2.90 bits per heavy atom. The van der Waals surface area contributed by atoms with Crippen LogP contribution in [0.1, 0.15) is 42.1 Å². The number of nitrogens with zero attached hydrogens (tertiary/aromatic N) is 2. The van der Waals surface area contributed by atoms with Crippen molar-refractivity contribution in [2.45, 2.75) is 45.2 Å². The average Bonchev–Trinajstić information content (AvgIpc) is 2.48. The number of piperidine rings is 1. The molecule has 1 amide bonds. The summed E-state index contributed by atoms with van der Waals surface area (Å²) in [5.41, 5.74) is 1.88. The average molecular weight is 351 g/mol. The third-order valence-corrected chi connectivity index (χ3v) is 5.81. The largest absolute Gasteiger partial charge is 0.333 e. The predicted molar refractivity (Wildman–Crippen MR) is 88.6 cm³/mol. The zero-order valence-corrected chi connectivity index (χ0v) is 14.4. The van der Waals surface area contributed by atoms with E-state index in [0.29, 0.717) is 12.1 Å². The van der Waals surface area contributed by atoms with Crippen molar-refractivity contribution < 1.29 is 4.79 Å². The maximum atomic E-state index is 12.9. The molecule has 0 aromatic heterocycles. The van der Waals surface area contributed by atoms with Crippen LogP contribution in [0.15, 0.2) is 22.7 Å². The van der Waals surface area contributed by atoms with Crippen LogP contribution in [0.3, 0.4) is 0 Å². The molecule has 2 atom stereocenters. The summed E-state index contributed by atoms with van der Waals surface area (Å²) in [7, 11) is 0. The molecular formula is C17H23BrN2O. The molecule has 21 heavy (non-hydrogen) atoms. The van der Waals surface area contributed by atoms with Crippen molar-refractivity contribution in [1.82, 2.24) is 9.80 Å². The fourth-order valence-electron chi connectivity index (χ4n) is 3.63. The van der Waals surface area contributed by atoms with Crippen molar-refractivity contribution in [2.24, 2.45) is 0 Å². The Morgan fingerprint density at radius 1 is 1.29 bits per heavy atom. The number of carbonyl (C=O) groups excluding carboxylic acids is 1. The van der Waals surface area contributed by atoms with E-state index in [9.17, 15) is 4.79 Å². The Morgan fingerprint density at radius 2 is 2.10 bits per heavy atom. The number of carbonyl (C=O) groups is 1. The van der Waals surface area contributed by atoms with Crippen molar-refractivity contribution in [3.8, 4) is 0 Å². The van der Waals surface area contributed by atoms with Gasteiger partial charge < -0.3 is 4.90 Å². The number of amides is 1. The molecule has 3 nitrogen and oxygen atoms in total. The highest BCUT2D eigenvalue weighted by atomic mass is 79.9. The summed E-state index contributed by atoms with van der Waals surface area (Å²) in [5.74, 6) is 0.187. The van der Waals surface area contributed by atoms with E-state index >= 15 is 0 Å². The number of piperazine rings is 1. The van der Waals surface area contributed by atoms with E-state index in [1.807, 2.05) is 25.1 Å². The third kappa shape index (κ3) is 2.88. The lowest BCUT2D eigenvalue weighted by Crippen LogP contribution is -2.60. The Balaban J connectivity index is 1.82. The minimum absolute atomic E-state index is 0.187. The van der Waals surface area contributed by atoms with E-state index in [2.05, 4.69) is 32.7 Å². The van der Waals surface area contributed by atoms with Crippen LogP contribution in [-0.2, 0) is 0 Å². The summed E-state index contributed by atoms with van der Waals surface area (Å²) < 4.78 is 1.01. The van der Waals surface area contributed by atoms with Gasteiger partial charge in [0.15, 0.2) is 0 Å². The van der Waals surface area contributed by atoms with Gasteiger partial charge in [0.1, 0.15) is 0 Å². The zero-order valence-electron chi connectivity index (χ0n) is 12.8. The molecule has 1 aromatic rings. The second-order valence-electron chi connectivity index (χ2n) is 6.36. The summed E-state index contributed by atoms with van der Waals surface area (Å²) in [4.78, 5) is 17.6. The molecule has 2 aliphatic heterocycles. The number of rotatable bonds is 1. The van der Waals surface area contributed by atoms with Crippen LogP contribution >= 0.6 is 15.9 Å². The molecule has 0 aliphatic carbocycles. The Kier molecular flexibility index (Phi) is 4.36. The number of benzene rings is 1. The van der Waals surface area contributed by atoms with Crippen molar-refractivity contribution in [3.05, 3.63) is 33.8 Å². The van der Waals surface area contributed by atoms with Crippen LogP contribution in [-0.4, -0.2) is 47.4 Å². The van der Waals surface area contributed by atoms with Gasteiger partial charge in [-0.15, -0.1) is 0 Å². The first-order valence-electron chi connectivity index (χ1n) is 7.88. The monoisotopic (exact) mass is 350 g/mol. The number of hydrogen-bond donors (Lipinski definition) is 0. The highest BCUT2D eigenvalue weighted by Crippen LogP contribution is 2.27. The lowest BCUT2D eigenvalue weighted by molar-refractivity contribution is 0.0151. The summed E-state index contributed by atoms with van der Waals surface area (Å²) in [6.45, 7) is 7.29. The van der Waals surface area contributed by atoms with Crippen molar-refractivity contribution in [2.75, 3.05) is 19.6 Å². The lowest BCUT2D eigenvalue weighted by atomic mass is 9.96. The van der Waals surface area contributed by atoms with Gasteiger partial charge in [-0.05, 0) is 50.9 Å². The van der Waals surface area contributed by atoms with Gasteiger partial charge in [0.25, 0.3) is 5.91 Å². The maximum absolute atomic E-state index is 12.9. The van der Waals surface area contributed by atoms with E-state index < -0.39 is 0 Å². The fourth-order valence-corrected chi connectivity index (χ4v) is 4.00. The minimum Gasteiger partial charge on any atom is -0.333 e. The van der Waals surface area contributed by atoms with Gasteiger partial charge in [-0.2, -0.15) is 0 Å². The molecule has 2 fully saturated rings. The molecule has 3 rings (SSSR count). The van der Waals surface area contributed by atoms with E-state index in [4.69, 9.17) is 0 Å². The second-order valence-corrected chi connectivity index (χ2v) is 7.22. The standard InChI is InChI=1S/C17H23BrN2O/c1-12-10-19-9-4-3-6-14(19)11-20(12)17(21)15-7-5-8-16(18)13(15)2/h5,7-8,12,14H,3-4,6,9-11H2,1-2H3. The normalized spacial score (nSPS) is 26.5. The van der Waals surface area contributed by atoms with Crippen LogP contribution in [0.2, 0.25) is 0 Å². The van der Waals surface area contributed by atoms with Crippen molar-refractivity contribution in [1.29, 1.82) is 0 Å². The lowest BCUT2D eigenvalue weighted by Gasteiger charge is -2.47. The SMILES string of the molecule is Cc1c(Br)cccc1C(=O)N1CC2CCCCN2CC1C. The number of hydrogen-bond acceptors (Lipinski definition) is 2. The van der Waals surface area contributed by atoms with Crippen LogP contribution in [0.4, 0.5) is 0 Å². The first-order chi connectivity index (χ1) is 10.1. The van der Waals surface area contributed by atoms with E-state index in [1.165, 1.54) is 25.8 Å². The first kappa shape index (κ1) is 15.0. The van der Waals surface area contributed by atoms with Crippen molar-refractivity contribution >= 4 is 21.8 Å². The molecule has 0 saturated carbocycles. The van der Waals surface area contributed by atoms with Gasteiger partial charge >= 0.3 is 0 Å². The Hall–Kier alpha value is -0.870. The van der Waals surface area contributed by atoms with Gasteiger partial charge in [-0.25, -0.2) is 0 Å². The highest BCUT2D eigenvalue weighted by Gasteiger charge is 2.35. The molecule has 4 heteroatoms. The van der Waals surface area contributed by atoms with Gasteiger partial charge in [-0.3, -0.25) is 9.69 Å². The minimum atomic E-state index is 0.187. The molecule has 114 valence electrons. The van der Waals surface area contributed by atoms with Gasteiger partial charge in [-0.1, -0.05) is 28.4 Å². The highest BCUT2D eigenvalue weighted by molar-refractivity contribution is 9.10. The quantitative estimate of drug-likeness (QED) is 0.774. The predicted octanol–water partition coefficient (Wildman–Crippen LogP) is 3.46. The van der Waals surface area contributed by atoms with Gasteiger partial charge in [0.2, 0.25) is 0 Å². The molecule has 1 aromatic carbocycles. The summed E-state index contributed by atoms with van der Waals surface area (Å²) in [6, 6.07) is 6.75. The van der Waals surface area contributed by atoms with Gasteiger partial charge in [0.05, 0.1) is 0 Å². The Bertz CT molecular complexity index is 546. The molecule has 0 N–H and O–H groups in total. The van der Waals surface area contributed by atoms with Gasteiger partial charge in [0, 0.05) is 35.2 Å². The molecule has 0 spiro atoms. The summed E-state index contributed by atoms with van der Waals surface area (Å²) >= 11 is 3.53. The number of halogens is 1. The molecule has 2 saturated heterocycles. The van der Waals surface area contributed by atoms with Crippen molar-refractivity contribution in [3.63, 3.8) is 0 Å².